The smallest absolute Gasteiger partial charge is 0.320 e. The van der Waals surface area contributed by atoms with E-state index < -0.39 is 6.03 Å². The first kappa shape index (κ1) is 16.7. The molecule has 0 aliphatic rings. The zero-order chi connectivity index (χ0) is 16.9. The number of hydrogen-bond donors (Lipinski definition) is 2. The van der Waals surface area contributed by atoms with Crippen LogP contribution in [0.4, 0.5) is 15.0 Å². The van der Waals surface area contributed by atoms with Gasteiger partial charge in [-0.3, -0.25) is 5.32 Å². The van der Waals surface area contributed by atoms with Crippen molar-refractivity contribution in [2.45, 2.75) is 32.9 Å². The number of rotatable bonds is 4. The van der Waals surface area contributed by atoms with E-state index in [9.17, 15) is 9.18 Å². The number of urea groups is 1. The first-order valence-corrected chi connectivity index (χ1v) is 7.11. The van der Waals surface area contributed by atoms with E-state index in [-0.39, 0.29) is 29.7 Å². The normalized spacial score (nSPS) is 11.0. The average Bonchev–Trinajstić information content (AvgIpc) is 2.44. The monoisotopic (exact) mass is 318 g/mol. The first-order chi connectivity index (χ1) is 10.8. The van der Waals surface area contributed by atoms with Crippen LogP contribution in [-0.2, 0) is 6.61 Å². The zero-order valence-electron chi connectivity index (χ0n) is 13.3. The lowest BCUT2D eigenvalue weighted by Gasteiger charge is -2.20. The minimum absolute atomic E-state index is 0.117. The number of nitrogens with zero attached hydrogens (tertiary/aromatic N) is 2. The van der Waals surface area contributed by atoms with E-state index in [1.807, 2.05) is 20.8 Å². The van der Waals surface area contributed by atoms with Gasteiger partial charge in [-0.2, -0.15) is 0 Å². The van der Waals surface area contributed by atoms with E-state index in [4.69, 9.17) is 4.74 Å². The largest absolute Gasteiger partial charge is 0.470 e. The third-order valence-electron chi connectivity index (χ3n) is 2.65. The number of benzene rings is 1. The molecule has 1 aromatic carbocycles. The summed E-state index contributed by atoms with van der Waals surface area (Å²) in [6, 6.07) is 5.65. The van der Waals surface area contributed by atoms with E-state index in [1.165, 1.54) is 24.5 Å². The molecule has 6 nitrogen and oxygen atoms in total. The summed E-state index contributed by atoms with van der Waals surface area (Å²) in [6.07, 6.45) is 2.90. The molecular formula is C16H19FN4O2. The van der Waals surface area contributed by atoms with Crippen molar-refractivity contribution in [2.75, 3.05) is 5.32 Å². The van der Waals surface area contributed by atoms with Crippen molar-refractivity contribution < 1.29 is 13.9 Å². The van der Waals surface area contributed by atoms with Crippen LogP contribution in [0.1, 0.15) is 26.3 Å². The molecular weight excluding hydrogens is 299 g/mol. The molecule has 0 fully saturated rings. The van der Waals surface area contributed by atoms with Crippen LogP contribution >= 0.6 is 0 Å². The fraction of sp³-hybridized carbons (Fsp3) is 0.312. The standard InChI is InChI=1S/C16H19FN4O2/c1-16(2,3)21-15(22)20-13-14(19-8-7-18-13)23-10-11-5-4-6-12(17)9-11/h4-9H,10H2,1-3H3,(H2,18,20,21,22). The topological polar surface area (TPSA) is 76.1 Å². The molecule has 0 bridgehead atoms. The molecule has 2 rings (SSSR count). The second-order valence-electron chi connectivity index (χ2n) is 5.96. The Morgan fingerprint density at radius 3 is 2.70 bits per heavy atom. The summed E-state index contributed by atoms with van der Waals surface area (Å²) in [6.45, 7) is 5.71. The van der Waals surface area contributed by atoms with Gasteiger partial charge >= 0.3 is 6.03 Å². The van der Waals surface area contributed by atoms with Crippen LogP contribution in [0.3, 0.4) is 0 Å². The first-order valence-electron chi connectivity index (χ1n) is 7.11. The molecule has 0 aliphatic heterocycles. The number of aromatic nitrogens is 2. The molecule has 0 radical (unpaired) electrons. The molecule has 2 aromatic rings. The lowest BCUT2D eigenvalue weighted by molar-refractivity contribution is 0.243. The highest BCUT2D eigenvalue weighted by Crippen LogP contribution is 2.19. The molecule has 122 valence electrons. The molecule has 7 heteroatoms. The number of anilines is 1. The van der Waals surface area contributed by atoms with E-state index >= 15 is 0 Å². The lowest BCUT2D eigenvalue weighted by atomic mass is 10.1. The van der Waals surface area contributed by atoms with Crippen LogP contribution in [0.2, 0.25) is 0 Å². The average molecular weight is 318 g/mol. The number of nitrogens with one attached hydrogen (secondary N) is 2. The third-order valence-corrected chi connectivity index (χ3v) is 2.65. The van der Waals surface area contributed by atoms with Gasteiger partial charge in [0.15, 0.2) is 5.82 Å². The quantitative estimate of drug-likeness (QED) is 0.908. The van der Waals surface area contributed by atoms with E-state index in [0.29, 0.717) is 5.56 Å². The number of hydrogen-bond acceptors (Lipinski definition) is 4. The van der Waals surface area contributed by atoms with Crippen LogP contribution in [0.15, 0.2) is 36.7 Å². The van der Waals surface area contributed by atoms with Gasteiger partial charge in [-0.1, -0.05) is 12.1 Å². The zero-order valence-corrected chi connectivity index (χ0v) is 13.3. The Kier molecular flexibility index (Phi) is 5.10. The lowest BCUT2D eigenvalue weighted by Crippen LogP contribution is -2.43. The highest BCUT2D eigenvalue weighted by molar-refractivity contribution is 5.89. The summed E-state index contributed by atoms with van der Waals surface area (Å²) in [7, 11) is 0. The minimum Gasteiger partial charge on any atom is -0.470 e. The molecule has 0 spiro atoms. The summed E-state index contributed by atoms with van der Waals surface area (Å²) < 4.78 is 18.7. The molecule has 1 heterocycles. The Morgan fingerprint density at radius 2 is 2.00 bits per heavy atom. The summed E-state index contributed by atoms with van der Waals surface area (Å²) >= 11 is 0. The van der Waals surface area contributed by atoms with Gasteiger partial charge in [0.05, 0.1) is 0 Å². The van der Waals surface area contributed by atoms with Crippen molar-refractivity contribution in [3.05, 3.63) is 48.0 Å². The third kappa shape index (κ3) is 5.54. The maximum atomic E-state index is 13.2. The van der Waals surface area contributed by atoms with Crippen LogP contribution < -0.4 is 15.4 Å². The number of halogens is 1. The molecule has 1 aromatic heterocycles. The van der Waals surface area contributed by atoms with E-state index in [0.717, 1.165) is 0 Å². The van der Waals surface area contributed by atoms with Crippen molar-refractivity contribution in [1.29, 1.82) is 0 Å². The molecule has 0 unspecified atom stereocenters. The second kappa shape index (κ2) is 7.04. The second-order valence-corrected chi connectivity index (χ2v) is 5.96. The van der Waals surface area contributed by atoms with Gasteiger partial charge in [-0.05, 0) is 38.5 Å². The van der Waals surface area contributed by atoms with Crippen LogP contribution in [0, 0.1) is 5.82 Å². The fourth-order valence-corrected chi connectivity index (χ4v) is 1.77. The number of amides is 2. The van der Waals surface area contributed by atoms with Crippen LogP contribution in [-0.4, -0.2) is 21.5 Å². The summed E-state index contributed by atoms with van der Waals surface area (Å²) in [5.41, 5.74) is 0.273. The molecule has 0 saturated carbocycles. The summed E-state index contributed by atoms with van der Waals surface area (Å²) in [4.78, 5) is 20.0. The predicted octanol–water partition coefficient (Wildman–Crippen LogP) is 3.11. The molecule has 2 N–H and O–H groups in total. The Labute approximate surface area is 134 Å². The number of carbonyl (C=O) groups excluding carboxylic acids is 1. The molecule has 0 aliphatic carbocycles. The number of ether oxygens (including phenoxy) is 1. The molecule has 0 saturated heterocycles. The fourth-order valence-electron chi connectivity index (χ4n) is 1.77. The number of carbonyl (C=O) groups is 1. The highest BCUT2D eigenvalue weighted by atomic mass is 19.1. The van der Waals surface area contributed by atoms with Crippen molar-refractivity contribution in [3.63, 3.8) is 0 Å². The maximum Gasteiger partial charge on any atom is 0.320 e. The SMILES string of the molecule is CC(C)(C)NC(=O)Nc1nccnc1OCc1cccc(F)c1. The summed E-state index contributed by atoms with van der Waals surface area (Å²) in [5.74, 6) is 0.0274. The molecule has 0 atom stereocenters. The Balaban J connectivity index is 2.04. The van der Waals surface area contributed by atoms with Crippen molar-refractivity contribution >= 4 is 11.8 Å². The van der Waals surface area contributed by atoms with E-state index in [2.05, 4.69) is 20.6 Å². The minimum atomic E-state index is -0.409. The van der Waals surface area contributed by atoms with Crippen LogP contribution in [0.25, 0.3) is 0 Å². The van der Waals surface area contributed by atoms with Crippen LogP contribution in [0.5, 0.6) is 5.88 Å². The Hall–Kier alpha value is -2.70. The van der Waals surface area contributed by atoms with Gasteiger partial charge in [-0.15, -0.1) is 0 Å². The van der Waals surface area contributed by atoms with Gasteiger partial charge in [0.1, 0.15) is 12.4 Å². The van der Waals surface area contributed by atoms with Crippen molar-refractivity contribution in [3.8, 4) is 5.88 Å². The van der Waals surface area contributed by atoms with Crippen molar-refractivity contribution in [2.24, 2.45) is 0 Å². The highest BCUT2D eigenvalue weighted by Gasteiger charge is 2.16. The van der Waals surface area contributed by atoms with Gasteiger partial charge in [0, 0.05) is 17.9 Å². The predicted molar refractivity (Wildman–Crippen MR) is 84.7 cm³/mol. The van der Waals surface area contributed by atoms with E-state index in [1.54, 1.807) is 12.1 Å². The van der Waals surface area contributed by atoms with Crippen molar-refractivity contribution in [1.82, 2.24) is 15.3 Å². The van der Waals surface area contributed by atoms with Gasteiger partial charge < -0.3 is 10.1 Å². The Bertz CT molecular complexity index is 686. The Morgan fingerprint density at radius 1 is 1.26 bits per heavy atom. The summed E-state index contributed by atoms with van der Waals surface area (Å²) in [5, 5.41) is 5.35. The molecule has 2 amide bonds. The maximum absolute atomic E-state index is 13.2. The molecule has 23 heavy (non-hydrogen) atoms. The van der Waals surface area contributed by atoms with Gasteiger partial charge in [0.25, 0.3) is 5.88 Å². The van der Waals surface area contributed by atoms with Gasteiger partial charge in [0.2, 0.25) is 0 Å². The van der Waals surface area contributed by atoms with Gasteiger partial charge in [-0.25, -0.2) is 19.2 Å².